The predicted molar refractivity (Wildman–Crippen MR) is 140 cm³/mol. The van der Waals surface area contributed by atoms with E-state index in [1.54, 1.807) is 11.8 Å². The molecule has 3 aromatic carbocycles. The van der Waals surface area contributed by atoms with Gasteiger partial charge in [0.25, 0.3) is 5.91 Å². The lowest BCUT2D eigenvalue weighted by Crippen LogP contribution is -2.49. The minimum atomic E-state index is -0.00446. The van der Waals surface area contributed by atoms with Gasteiger partial charge in [-0.2, -0.15) is 5.10 Å². The molecule has 2 heterocycles. The average Bonchev–Trinajstić information content (AvgIpc) is 3.40. The van der Waals surface area contributed by atoms with E-state index in [2.05, 4.69) is 4.90 Å². The molecule has 1 aliphatic rings. The van der Waals surface area contributed by atoms with Gasteiger partial charge in [-0.15, -0.1) is 0 Å². The van der Waals surface area contributed by atoms with Gasteiger partial charge in [0.1, 0.15) is 23.8 Å². The molecule has 4 aromatic rings. The van der Waals surface area contributed by atoms with Crippen molar-refractivity contribution in [1.82, 2.24) is 19.6 Å². The van der Waals surface area contributed by atoms with E-state index < -0.39 is 0 Å². The average molecular weight is 483 g/mol. The molecule has 0 atom stereocenters. The molecule has 5 rings (SSSR count). The first-order valence-corrected chi connectivity index (χ1v) is 12.2. The Balaban J connectivity index is 1.30. The van der Waals surface area contributed by atoms with Gasteiger partial charge in [-0.05, 0) is 36.4 Å². The highest BCUT2D eigenvalue weighted by Gasteiger charge is 2.27. The van der Waals surface area contributed by atoms with Gasteiger partial charge in [-0.3, -0.25) is 9.69 Å². The lowest BCUT2D eigenvalue weighted by molar-refractivity contribution is 0.0621. The molecule has 1 aromatic heterocycles. The van der Waals surface area contributed by atoms with Gasteiger partial charge >= 0.3 is 0 Å². The molecule has 0 radical (unpaired) electrons. The number of piperazine rings is 1. The van der Waals surface area contributed by atoms with Crippen LogP contribution in [-0.4, -0.2) is 71.9 Å². The lowest BCUT2D eigenvalue weighted by atomic mass is 10.1. The zero-order valence-corrected chi connectivity index (χ0v) is 20.4. The molecule has 0 unspecified atom stereocenters. The first-order chi connectivity index (χ1) is 17.7. The van der Waals surface area contributed by atoms with Crippen LogP contribution in [0.25, 0.3) is 16.9 Å². The van der Waals surface area contributed by atoms with E-state index >= 15 is 0 Å². The van der Waals surface area contributed by atoms with Gasteiger partial charge in [0.2, 0.25) is 0 Å². The molecule has 0 aliphatic carbocycles. The van der Waals surface area contributed by atoms with Crippen molar-refractivity contribution in [1.29, 1.82) is 0 Å². The number of aromatic nitrogens is 2. The van der Waals surface area contributed by atoms with Crippen molar-refractivity contribution in [2.24, 2.45) is 0 Å². The highest BCUT2D eigenvalue weighted by molar-refractivity contribution is 6.00. The van der Waals surface area contributed by atoms with Crippen molar-refractivity contribution in [2.45, 2.75) is 0 Å². The van der Waals surface area contributed by atoms with E-state index in [1.807, 2.05) is 96.0 Å². The summed E-state index contributed by atoms with van der Waals surface area (Å²) in [7, 11) is 1.64. The summed E-state index contributed by atoms with van der Waals surface area (Å²) in [4.78, 5) is 18.0. The van der Waals surface area contributed by atoms with Crippen LogP contribution in [0.15, 0.2) is 91.1 Å². The molecular weight excluding hydrogens is 452 g/mol. The SMILES string of the molecule is COc1cccc(-c2nn(-c3ccccc3)cc2C(=O)N2CCN(CCOc3ccccc3)CC2)c1. The number of methoxy groups -OCH3 is 1. The van der Waals surface area contributed by atoms with Crippen LogP contribution in [0, 0.1) is 0 Å². The maximum Gasteiger partial charge on any atom is 0.257 e. The Bertz CT molecular complexity index is 1280. The summed E-state index contributed by atoms with van der Waals surface area (Å²) in [6.45, 7) is 4.41. The summed E-state index contributed by atoms with van der Waals surface area (Å²) in [5.74, 6) is 1.61. The fourth-order valence-electron chi connectivity index (χ4n) is 4.38. The highest BCUT2D eigenvalue weighted by Crippen LogP contribution is 2.28. The first-order valence-electron chi connectivity index (χ1n) is 12.2. The number of carbonyl (C=O) groups excluding carboxylic acids is 1. The Hall–Kier alpha value is -4.10. The molecule has 0 spiro atoms. The Morgan fingerprint density at radius 1 is 0.861 bits per heavy atom. The molecule has 36 heavy (non-hydrogen) atoms. The molecule has 7 heteroatoms. The van der Waals surface area contributed by atoms with Crippen LogP contribution in [0.4, 0.5) is 0 Å². The molecule has 1 amide bonds. The summed E-state index contributed by atoms with van der Waals surface area (Å²) in [5, 5.41) is 4.81. The van der Waals surface area contributed by atoms with Crippen molar-refractivity contribution in [3.63, 3.8) is 0 Å². The van der Waals surface area contributed by atoms with Gasteiger partial charge in [0.15, 0.2) is 0 Å². The standard InChI is InChI=1S/C29H30N4O3/c1-35-26-14-8-9-23(21-26)28-27(22-33(30-28)24-10-4-2-5-11-24)29(34)32-17-15-31(16-18-32)19-20-36-25-12-6-3-7-13-25/h2-14,21-22H,15-20H2,1H3. The molecule has 1 aliphatic heterocycles. The topological polar surface area (TPSA) is 59.8 Å². The second-order valence-corrected chi connectivity index (χ2v) is 8.70. The van der Waals surface area contributed by atoms with Gasteiger partial charge in [-0.25, -0.2) is 4.68 Å². The predicted octanol–water partition coefficient (Wildman–Crippen LogP) is 4.38. The van der Waals surface area contributed by atoms with Crippen LogP contribution in [0.3, 0.4) is 0 Å². The zero-order chi connectivity index (χ0) is 24.7. The van der Waals surface area contributed by atoms with Crippen LogP contribution in [-0.2, 0) is 0 Å². The van der Waals surface area contributed by atoms with E-state index in [-0.39, 0.29) is 5.91 Å². The molecule has 1 saturated heterocycles. The van der Waals surface area contributed by atoms with Gasteiger partial charge < -0.3 is 14.4 Å². The summed E-state index contributed by atoms with van der Waals surface area (Å²) in [6, 6.07) is 27.4. The number of benzene rings is 3. The number of nitrogens with zero attached hydrogens (tertiary/aromatic N) is 4. The summed E-state index contributed by atoms with van der Waals surface area (Å²) in [6.07, 6.45) is 1.84. The number of rotatable bonds is 8. The molecule has 0 N–H and O–H groups in total. The minimum absolute atomic E-state index is 0.00446. The molecule has 7 nitrogen and oxygen atoms in total. The number of hydrogen-bond donors (Lipinski definition) is 0. The number of carbonyl (C=O) groups is 1. The maximum absolute atomic E-state index is 13.7. The van der Waals surface area contributed by atoms with Crippen LogP contribution < -0.4 is 9.47 Å². The third-order valence-corrected chi connectivity index (χ3v) is 6.39. The monoisotopic (exact) mass is 482 g/mol. The van der Waals surface area contributed by atoms with E-state index in [9.17, 15) is 4.79 Å². The normalized spacial score (nSPS) is 14.0. The Labute approximate surface area is 211 Å². The van der Waals surface area contributed by atoms with Crippen molar-refractivity contribution < 1.29 is 14.3 Å². The molecule has 184 valence electrons. The number of para-hydroxylation sites is 2. The van der Waals surface area contributed by atoms with Crippen molar-refractivity contribution >= 4 is 5.91 Å². The van der Waals surface area contributed by atoms with E-state index in [0.717, 1.165) is 42.4 Å². The van der Waals surface area contributed by atoms with Crippen LogP contribution in [0.2, 0.25) is 0 Å². The van der Waals surface area contributed by atoms with Gasteiger partial charge in [0.05, 0.1) is 18.4 Å². The smallest absolute Gasteiger partial charge is 0.257 e. The maximum atomic E-state index is 13.7. The number of amides is 1. The second kappa shape index (κ2) is 11.1. The van der Waals surface area contributed by atoms with E-state index in [4.69, 9.17) is 14.6 Å². The molecule has 1 fully saturated rings. The third-order valence-electron chi connectivity index (χ3n) is 6.39. The number of ether oxygens (including phenoxy) is 2. The lowest BCUT2D eigenvalue weighted by Gasteiger charge is -2.34. The van der Waals surface area contributed by atoms with Crippen LogP contribution >= 0.6 is 0 Å². The zero-order valence-electron chi connectivity index (χ0n) is 20.4. The van der Waals surface area contributed by atoms with Gasteiger partial charge in [0, 0.05) is 44.5 Å². The summed E-state index contributed by atoms with van der Waals surface area (Å²) in [5.41, 5.74) is 3.00. The largest absolute Gasteiger partial charge is 0.497 e. The molecule has 0 saturated carbocycles. The Morgan fingerprint density at radius 3 is 2.28 bits per heavy atom. The highest BCUT2D eigenvalue weighted by atomic mass is 16.5. The van der Waals surface area contributed by atoms with Crippen molar-refractivity contribution in [3.05, 3.63) is 96.7 Å². The first kappa shape index (κ1) is 23.6. The molecule has 0 bridgehead atoms. The number of hydrogen-bond acceptors (Lipinski definition) is 5. The van der Waals surface area contributed by atoms with Crippen LogP contribution in [0.1, 0.15) is 10.4 Å². The molecular formula is C29H30N4O3. The minimum Gasteiger partial charge on any atom is -0.497 e. The summed E-state index contributed by atoms with van der Waals surface area (Å²) >= 11 is 0. The third kappa shape index (κ3) is 5.42. The van der Waals surface area contributed by atoms with Gasteiger partial charge in [-0.1, -0.05) is 48.5 Å². The Kier molecular flexibility index (Phi) is 7.28. The van der Waals surface area contributed by atoms with E-state index in [1.165, 1.54) is 0 Å². The Morgan fingerprint density at radius 2 is 1.56 bits per heavy atom. The van der Waals surface area contributed by atoms with Crippen LogP contribution in [0.5, 0.6) is 11.5 Å². The second-order valence-electron chi connectivity index (χ2n) is 8.70. The fraction of sp³-hybridized carbons (Fsp3) is 0.241. The quantitative estimate of drug-likeness (QED) is 0.373. The van der Waals surface area contributed by atoms with E-state index in [0.29, 0.717) is 31.0 Å². The summed E-state index contributed by atoms with van der Waals surface area (Å²) < 4.78 is 13.0. The fourth-order valence-corrected chi connectivity index (χ4v) is 4.38. The van der Waals surface area contributed by atoms with Crippen molar-refractivity contribution in [3.8, 4) is 28.4 Å². The van der Waals surface area contributed by atoms with Crippen molar-refractivity contribution in [2.75, 3.05) is 46.4 Å².